The lowest BCUT2D eigenvalue weighted by Crippen LogP contribution is -2.38. The summed E-state index contributed by atoms with van der Waals surface area (Å²) < 4.78 is 7.41. The van der Waals surface area contributed by atoms with E-state index in [4.69, 9.17) is 10.5 Å². The summed E-state index contributed by atoms with van der Waals surface area (Å²) in [5.74, 6) is 0.435. The van der Waals surface area contributed by atoms with E-state index >= 15 is 0 Å². The number of thioether (sulfide) groups is 1. The maximum Gasteiger partial charge on any atom is 0.235 e. The van der Waals surface area contributed by atoms with E-state index in [1.54, 1.807) is 0 Å². The van der Waals surface area contributed by atoms with Crippen molar-refractivity contribution in [1.82, 2.24) is 14.8 Å². The lowest BCUT2D eigenvalue weighted by molar-refractivity contribution is -0.117. The Morgan fingerprint density at radius 1 is 1.29 bits per heavy atom. The monoisotopic (exact) mass is 347 g/mol. The van der Waals surface area contributed by atoms with Gasteiger partial charge in [-0.25, -0.2) is 0 Å². The first-order chi connectivity index (χ1) is 11.7. The van der Waals surface area contributed by atoms with Crippen molar-refractivity contribution < 1.29 is 9.53 Å². The molecule has 1 saturated heterocycles. The van der Waals surface area contributed by atoms with Crippen LogP contribution in [0.1, 0.15) is 17.7 Å². The summed E-state index contributed by atoms with van der Waals surface area (Å²) in [6, 6.07) is 9.51. The molecule has 0 saturated carbocycles. The van der Waals surface area contributed by atoms with Gasteiger partial charge in [-0.15, -0.1) is 10.2 Å². The smallest absolute Gasteiger partial charge is 0.235 e. The fraction of sp³-hybridized carbons (Fsp3) is 0.438. The lowest BCUT2D eigenvalue weighted by Gasteiger charge is -2.27. The van der Waals surface area contributed by atoms with Crippen LogP contribution < -0.4 is 10.6 Å². The van der Waals surface area contributed by atoms with Crippen LogP contribution in [0, 0.1) is 0 Å². The summed E-state index contributed by atoms with van der Waals surface area (Å²) in [6.07, 6.45) is 0. The van der Waals surface area contributed by atoms with Gasteiger partial charge in [-0.1, -0.05) is 42.1 Å². The Kier molecular flexibility index (Phi) is 5.37. The summed E-state index contributed by atoms with van der Waals surface area (Å²) >= 11 is 1.34. The number of anilines is 1. The summed E-state index contributed by atoms with van der Waals surface area (Å²) in [4.78, 5) is 14.1. The van der Waals surface area contributed by atoms with Gasteiger partial charge in [0.1, 0.15) is 5.25 Å². The zero-order valence-electron chi connectivity index (χ0n) is 13.6. The molecule has 128 valence electrons. The van der Waals surface area contributed by atoms with Gasteiger partial charge in [0.2, 0.25) is 11.9 Å². The first-order valence-electron chi connectivity index (χ1n) is 7.97. The summed E-state index contributed by atoms with van der Waals surface area (Å²) in [5, 5.41) is 8.84. The van der Waals surface area contributed by atoms with E-state index in [0.29, 0.717) is 18.4 Å². The maximum atomic E-state index is 11.9. The van der Waals surface area contributed by atoms with Crippen molar-refractivity contribution in [1.29, 1.82) is 0 Å². The Labute approximate surface area is 145 Å². The predicted octanol–water partition coefficient (Wildman–Crippen LogP) is 1.45. The predicted molar refractivity (Wildman–Crippen MR) is 93.0 cm³/mol. The number of nitrogens with zero attached hydrogens (tertiary/aromatic N) is 4. The topological polar surface area (TPSA) is 86.3 Å². The maximum absolute atomic E-state index is 11.9. The fourth-order valence-electron chi connectivity index (χ4n) is 2.67. The van der Waals surface area contributed by atoms with Crippen LogP contribution in [-0.4, -0.2) is 47.0 Å². The van der Waals surface area contributed by atoms with Gasteiger partial charge in [-0.2, -0.15) is 0 Å². The molecule has 0 radical (unpaired) electrons. The van der Waals surface area contributed by atoms with Crippen LogP contribution in [-0.2, 0) is 16.1 Å². The first-order valence-corrected chi connectivity index (χ1v) is 8.85. The molecule has 1 aromatic carbocycles. The third kappa shape index (κ3) is 3.54. The second kappa shape index (κ2) is 7.67. The van der Waals surface area contributed by atoms with Gasteiger partial charge in [0, 0.05) is 19.6 Å². The number of ether oxygens (including phenoxy) is 1. The van der Waals surface area contributed by atoms with Crippen molar-refractivity contribution in [2.45, 2.75) is 23.9 Å². The van der Waals surface area contributed by atoms with E-state index in [2.05, 4.69) is 15.1 Å². The van der Waals surface area contributed by atoms with Crippen LogP contribution >= 0.6 is 11.8 Å². The molecule has 1 unspecified atom stereocenters. The summed E-state index contributed by atoms with van der Waals surface area (Å²) in [5.41, 5.74) is 6.48. The van der Waals surface area contributed by atoms with Crippen molar-refractivity contribution in [2.24, 2.45) is 5.73 Å². The largest absolute Gasteiger partial charge is 0.378 e. The van der Waals surface area contributed by atoms with Gasteiger partial charge >= 0.3 is 0 Å². The zero-order valence-corrected chi connectivity index (χ0v) is 14.4. The minimum atomic E-state index is -0.488. The molecule has 1 fully saturated rings. The van der Waals surface area contributed by atoms with Gasteiger partial charge in [-0.05, 0) is 12.5 Å². The van der Waals surface area contributed by atoms with E-state index in [1.807, 2.05) is 41.8 Å². The molecule has 1 amide bonds. The average molecular weight is 347 g/mol. The second-order valence-corrected chi connectivity index (χ2v) is 6.51. The molecule has 0 spiro atoms. The Hall–Kier alpha value is -2.06. The Bertz CT molecular complexity index is 685. The van der Waals surface area contributed by atoms with Crippen LogP contribution in [0.5, 0.6) is 0 Å². The standard InChI is InChI=1S/C16H21N5O2S/c1-2-21-15(20-8-10-23-11-9-20)18-19-16(21)24-13(14(17)22)12-6-4-3-5-7-12/h3-7,13H,2,8-11H2,1H3,(H2,17,22). The van der Waals surface area contributed by atoms with E-state index in [1.165, 1.54) is 11.8 Å². The van der Waals surface area contributed by atoms with E-state index in [0.717, 1.165) is 31.1 Å². The highest BCUT2D eigenvalue weighted by Gasteiger charge is 2.25. The highest BCUT2D eigenvalue weighted by Crippen LogP contribution is 2.35. The van der Waals surface area contributed by atoms with Gasteiger partial charge in [-0.3, -0.25) is 9.36 Å². The number of benzene rings is 1. The van der Waals surface area contributed by atoms with Crippen LogP contribution in [0.4, 0.5) is 5.95 Å². The van der Waals surface area contributed by atoms with Crippen molar-refractivity contribution in [3.63, 3.8) is 0 Å². The SMILES string of the molecule is CCn1c(SC(C(N)=O)c2ccccc2)nnc1N1CCOCC1. The fourth-order valence-corrected chi connectivity index (χ4v) is 3.71. The number of aromatic nitrogens is 3. The van der Waals surface area contributed by atoms with Gasteiger partial charge in [0.15, 0.2) is 5.16 Å². The van der Waals surface area contributed by atoms with Crippen molar-refractivity contribution in [3.05, 3.63) is 35.9 Å². The third-order valence-electron chi connectivity index (χ3n) is 3.89. The molecule has 7 nitrogen and oxygen atoms in total. The van der Waals surface area contributed by atoms with Crippen molar-refractivity contribution >= 4 is 23.6 Å². The molecule has 1 aliphatic rings. The van der Waals surface area contributed by atoms with Gasteiger partial charge < -0.3 is 15.4 Å². The molecule has 0 aliphatic carbocycles. The number of hydrogen-bond donors (Lipinski definition) is 1. The Morgan fingerprint density at radius 2 is 2.00 bits per heavy atom. The number of rotatable bonds is 6. The molecule has 8 heteroatoms. The number of nitrogens with two attached hydrogens (primary N) is 1. The number of primary amides is 1. The van der Waals surface area contributed by atoms with Gasteiger partial charge in [0.05, 0.1) is 13.2 Å². The lowest BCUT2D eigenvalue weighted by atomic mass is 10.1. The number of amides is 1. The van der Waals surface area contributed by atoms with E-state index in [9.17, 15) is 4.79 Å². The highest BCUT2D eigenvalue weighted by atomic mass is 32.2. The average Bonchev–Trinajstić information content (AvgIpc) is 3.03. The minimum Gasteiger partial charge on any atom is -0.378 e. The third-order valence-corrected chi connectivity index (χ3v) is 5.14. The number of morpholine rings is 1. The number of carbonyl (C=O) groups is 1. The van der Waals surface area contributed by atoms with Crippen LogP contribution in [0.3, 0.4) is 0 Å². The van der Waals surface area contributed by atoms with Gasteiger partial charge in [0.25, 0.3) is 0 Å². The quantitative estimate of drug-likeness (QED) is 0.796. The van der Waals surface area contributed by atoms with Crippen LogP contribution in [0.15, 0.2) is 35.5 Å². The highest BCUT2D eigenvalue weighted by molar-refractivity contribution is 8.00. The van der Waals surface area contributed by atoms with Crippen molar-refractivity contribution in [3.8, 4) is 0 Å². The molecule has 1 aromatic heterocycles. The first kappa shape index (κ1) is 16.8. The Balaban J connectivity index is 1.86. The number of hydrogen-bond acceptors (Lipinski definition) is 6. The Morgan fingerprint density at radius 3 is 2.62 bits per heavy atom. The van der Waals surface area contributed by atoms with E-state index in [-0.39, 0.29) is 5.91 Å². The van der Waals surface area contributed by atoms with Crippen LogP contribution in [0.25, 0.3) is 0 Å². The molecule has 1 atom stereocenters. The molecular weight excluding hydrogens is 326 g/mol. The second-order valence-electron chi connectivity index (χ2n) is 5.44. The summed E-state index contributed by atoms with van der Waals surface area (Å²) in [7, 11) is 0. The molecular formula is C16H21N5O2S. The molecule has 2 N–H and O–H groups in total. The number of carbonyl (C=O) groups excluding carboxylic acids is 1. The molecule has 2 heterocycles. The molecule has 3 rings (SSSR count). The minimum absolute atomic E-state index is 0.384. The molecule has 1 aliphatic heterocycles. The summed E-state index contributed by atoms with van der Waals surface area (Å²) in [6.45, 7) is 5.73. The van der Waals surface area contributed by atoms with Crippen molar-refractivity contribution in [2.75, 3.05) is 31.2 Å². The zero-order chi connectivity index (χ0) is 16.9. The molecule has 24 heavy (non-hydrogen) atoms. The van der Waals surface area contributed by atoms with E-state index < -0.39 is 5.25 Å². The van der Waals surface area contributed by atoms with Crippen LogP contribution in [0.2, 0.25) is 0 Å². The molecule has 0 bridgehead atoms. The normalized spacial score (nSPS) is 16.1. The molecule has 2 aromatic rings.